The van der Waals surface area contributed by atoms with Crippen molar-refractivity contribution in [2.75, 3.05) is 27.2 Å². The van der Waals surface area contributed by atoms with Gasteiger partial charge in [-0.1, -0.05) is 24.6 Å². The van der Waals surface area contributed by atoms with Gasteiger partial charge in [0, 0.05) is 33.4 Å². The van der Waals surface area contributed by atoms with Gasteiger partial charge in [0.2, 0.25) is 15.9 Å². The maximum Gasteiger partial charge on any atom is 0.244 e. The molecule has 1 aliphatic heterocycles. The summed E-state index contributed by atoms with van der Waals surface area (Å²) >= 11 is 1.33. The van der Waals surface area contributed by atoms with Gasteiger partial charge in [-0.3, -0.25) is 4.79 Å². The van der Waals surface area contributed by atoms with Gasteiger partial charge >= 0.3 is 0 Å². The first kappa shape index (κ1) is 19.2. The van der Waals surface area contributed by atoms with E-state index in [0.29, 0.717) is 18.1 Å². The second-order valence-corrected chi connectivity index (χ2v) is 9.44. The monoisotopic (exact) mass is 371 g/mol. The standard InChI is InChI=1S/C16H25N3O3S2/c1-13(16(20)18(2)3)23-15-9-8-14(12-17-15)24(21,22)19-10-6-4-5-7-11-19/h8-9,12-13H,4-7,10-11H2,1-3H3. The van der Waals surface area contributed by atoms with Crippen LogP contribution in [0.25, 0.3) is 0 Å². The molecule has 1 aromatic rings. The third-order valence-electron chi connectivity index (χ3n) is 4.00. The van der Waals surface area contributed by atoms with Crippen molar-refractivity contribution >= 4 is 27.7 Å². The van der Waals surface area contributed by atoms with E-state index >= 15 is 0 Å². The number of amides is 1. The molecule has 0 aromatic carbocycles. The molecular formula is C16H25N3O3S2. The lowest BCUT2D eigenvalue weighted by atomic mass is 10.2. The zero-order valence-electron chi connectivity index (χ0n) is 14.4. The molecule has 0 bridgehead atoms. The maximum absolute atomic E-state index is 12.7. The molecule has 0 radical (unpaired) electrons. The molecule has 134 valence electrons. The molecule has 0 spiro atoms. The fraction of sp³-hybridized carbons (Fsp3) is 0.625. The summed E-state index contributed by atoms with van der Waals surface area (Å²) in [7, 11) is -0.0500. The minimum Gasteiger partial charge on any atom is -0.348 e. The van der Waals surface area contributed by atoms with Crippen LogP contribution in [-0.4, -0.2) is 60.9 Å². The van der Waals surface area contributed by atoms with Gasteiger partial charge in [0.15, 0.2) is 0 Å². The van der Waals surface area contributed by atoms with Crippen molar-refractivity contribution < 1.29 is 13.2 Å². The average Bonchev–Trinajstić information content (AvgIpc) is 2.84. The van der Waals surface area contributed by atoms with Gasteiger partial charge in [-0.25, -0.2) is 13.4 Å². The molecule has 0 saturated carbocycles. The predicted molar refractivity (Wildman–Crippen MR) is 95.5 cm³/mol. The highest BCUT2D eigenvalue weighted by molar-refractivity contribution is 8.00. The zero-order chi connectivity index (χ0) is 17.7. The Kier molecular flexibility index (Phi) is 6.65. The minimum absolute atomic E-state index is 0.00284. The van der Waals surface area contributed by atoms with E-state index in [2.05, 4.69) is 4.98 Å². The van der Waals surface area contributed by atoms with Crippen LogP contribution in [0.1, 0.15) is 32.6 Å². The predicted octanol–water partition coefficient (Wildman–Crippen LogP) is 2.22. The summed E-state index contributed by atoms with van der Waals surface area (Å²) < 4.78 is 26.9. The Labute approximate surface area is 148 Å². The molecule has 1 aliphatic rings. The van der Waals surface area contributed by atoms with Crippen molar-refractivity contribution in [3.8, 4) is 0 Å². The Morgan fingerprint density at radius 1 is 1.21 bits per heavy atom. The molecule has 0 aliphatic carbocycles. The van der Waals surface area contributed by atoms with Crippen LogP contribution >= 0.6 is 11.8 Å². The number of sulfonamides is 1. The molecule has 2 heterocycles. The lowest BCUT2D eigenvalue weighted by Crippen LogP contribution is -2.32. The van der Waals surface area contributed by atoms with E-state index in [4.69, 9.17) is 0 Å². The van der Waals surface area contributed by atoms with Crippen LogP contribution in [0.3, 0.4) is 0 Å². The summed E-state index contributed by atoms with van der Waals surface area (Å²) in [6.07, 6.45) is 5.38. The Hall–Kier alpha value is -1.12. The van der Waals surface area contributed by atoms with E-state index in [1.54, 1.807) is 30.5 Å². The number of pyridine rings is 1. The van der Waals surface area contributed by atoms with Gasteiger partial charge < -0.3 is 4.90 Å². The molecule has 1 atom stereocenters. The number of aromatic nitrogens is 1. The summed E-state index contributed by atoms with van der Waals surface area (Å²) in [5.41, 5.74) is 0. The number of thioether (sulfide) groups is 1. The topological polar surface area (TPSA) is 70.6 Å². The molecule has 1 amide bonds. The van der Waals surface area contributed by atoms with Gasteiger partial charge in [0.05, 0.1) is 10.3 Å². The fourth-order valence-corrected chi connectivity index (χ4v) is 5.01. The van der Waals surface area contributed by atoms with Gasteiger partial charge in [-0.2, -0.15) is 4.31 Å². The molecule has 2 rings (SSSR count). The van der Waals surface area contributed by atoms with E-state index < -0.39 is 10.0 Å². The number of rotatable bonds is 5. The van der Waals surface area contributed by atoms with Crippen molar-refractivity contribution in [2.45, 2.75) is 47.8 Å². The number of carbonyl (C=O) groups is 1. The SMILES string of the molecule is CC(Sc1ccc(S(=O)(=O)N2CCCCCC2)cn1)C(=O)N(C)C. The summed E-state index contributed by atoms with van der Waals surface area (Å²) in [5, 5.41) is 0.382. The molecule has 1 aromatic heterocycles. The summed E-state index contributed by atoms with van der Waals surface area (Å²) in [4.78, 5) is 17.9. The molecule has 1 fully saturated rings. The van der Waals surface area contributed by atoms with Crippen molar-refractivity contribution in [1.29, 1.82) is 0 Å². The Bertz CT molecular complexity index is 652. The van der Waals surface area contributed by atoms with Crippen molar-refractivity contribution in [3.05, 3.63) is 18.3 Å². The van der Waals surface area contributed by atoms with E-state index in [-0.39, 0.29) is 16.1 Å². The molecular weight excluding hydrogens is 346 g/mol. The third-order valence-corrected chi connectivity index (χ3v) is 6.92. The summed E-state index contributed by atoms with van der Waals surface area (Å²) in [6, 6.07) is 3.26. The normalized spacial score (nSPS) is 18.0. The van der Waals surface area contributed by atoms with E-state index in [9.17, 15) is 13.2 Å². The fourth-order valence-electron chi connectivity index (χ4n) is 2.62. The highest BCUT2D eigenvalue weighted by Crippen LogP contribution is 2.25. The number of nitrogens with zero attached hydrogens (tertiary/aromatic N) is 3. The van der Waals surface area contributed by atoms with Crippen LogP contribution in [0.15, 0.2) is 28.3 Å². The number of carbonyl (C=O) groups excluding carboxylic acids is 1. The molecule has 24 heavy (non-hydrogen) atoms. The molecule has 0 N–H and O–H groups in total. The first-order valence-electron chi connectivity index (χ1n) is 8.16. The van der Waals surface area contributed by atoms with Gasteiger partial charge in [0.25, 0.3) is 0 Å². The van der Waals surface area contributed by atoms with E-state index in [1.807, 2.05) is 6.92 Å². The van der Waals surface area contributed by atoms with Crippen molar-refractivity contribution in [2.24, 2.45) is 0 Å². The summed E-state index contributed by atoms with van der Waals surface area (Å²) in [5.74, 6) is 0.00284. The Morgan fingerprint density at radius 3 is 2.33 bits per heavy atom. The average molecular weight is 372 g/mol. The number of hydrogen-bond donors (Lipinski definition) is 0. The van der Waals surface area contributed by atoms with Crippen LogP contribution in [-0.2, 0) is 14.8 Å². The van der Waals surface area contributed by atoms with Crippen molar-refractivity contribution in [1.82, 2.24) is 14.2 Å². The lowest BCUT2D eigenvalue weighted by Gasteiger charge is -2.20. The molecule has 6 nitrogen and oxygen atoms in total. The van der Waals surface area contributed by atoms with E-state index in [1.165, 1.54) is 22.9 Å². The van der Waals surface area contributed by atoms with Gasteiger partial charge in [-0.05, 0) is 31.9 Å². The van der Waals surface area contributed by atoms with Crippen LogP contribution in [0.5, 0.6) is 0 Å². The van der Waals surface area contributed by atoms with Crippen LogP contribution in [0, 0.1) is 0 Å². The molecule has 1 unspecified atom stereocenters. The first-order chi connectivity index (χ1) is 11.3. The quantitative estimate of drug-likeness (QED) is 0.742. The summed E-state index contributed by atoms with van der Waals surface area (Å²) in [6.45, 7) is 2.97. The Balaban J connectivity index is 2.09. The van der Waals surface area contributed by atoms with Crippen LogP contribution in [0.2, 0.25) is 0 Å². The molecule has 1 saturated heterocycles. The molecule has 8 heteroatoms. The minimum atomic E-state index is -3.47. The first-order valence-corrected chi connectivity index (χ1v) is 10.5. The largest absolute Gasteiger partial charge is 0.348 e. The second kappa shape index (κ2) is 8.31. The smallest absolute Gasteiger partial charge is 0.244 e. The van der Waals surface area contributed by atoms with Crippen molar-refractivity contribution in [3.63, 3.8) is 0 Å². The lowest BCUT2D eigenvalue weighted by molar-refractivity contribution is -0.127. The Morgan fingerprint density at radius 2 is 1.83 bits per heavy atom. The highest BCUT2D eigenvalue weighted by atomic mass is 32.2. The third kappa shape index (κ3) is 4.70. The maximum atomic E-state index is 12.7. The van der Waals surface area contributed by atoms with Gasteiger partial charge in [-0.15, -0.1) is 0 Å². The van der Waals surface area contributed by atoms with Crippen LogP contribution in [0.4, 0.5) is 0 Å². The second-order valence-electron chi connectivity index (χ2n) is 6.14. The van der Waals surface area contributed by atoms with Gasteiger partial charge in [0.1, 0.15) is 4.90 Å². The highest BCUT2D eigenvalue weighted by Gasteiger charge is 2.25. The van der Waals surface area contributed by atoms with Crippen LogP contribution < -0.4 is 0 Å². The number of hydrogen-bond acceptors (Lipinski definition) is 5. The zero-order valence-corrected chi connectivity index (χ0v) is 16.1. The van der Waals surface area contributed by atoms with E-state index in [0.717, 1.165) is 25.7 Å².